The molecule has 1 aliphatic rings. The molecule has 0 aromatic rings. The van der Waals surface area contributed by atoms with Crippen LogP contribution < -0.4 is 5.32 Å². The van der Waals surface area contributed by atoms with Crippen molar-refractivity contribution in [3.63, 3.8) is 0 Å². The van der Waals surface area contributed by atoms with Crippen molar-refractivity contribution >= 4 is 11.8 Å². The topological polar surface area (TPSA) is 72.9 Å². The van der Waals surface area contributed by atoms with Crippen LogP contribution in [0.2, 0.25) is 0 Å². The molecule has 1 rings (SSSR count). The number of rotatable bonds is 14. The van der Waals surface area contributed by atoms with Crippen molar-refractivity contribution in [1.82, 2.24) is 15.3 Å². The first-order valence-corrected chi connectivity index (χ1v) is 12.0. The summed E-state index contributed by atoms with van der Waals surface area (Å²) in [5.41, 5.74) is -0.273. The number of hydrogen-bond donors (Lipinski definition) is 2. The van der Waals surface area contributed by atoms with Gasteiger partial charge < -0.3 is 10.4 Å². The molecule has 0 saturated carbocycles. The van der Waals surface area contributed by atoms with Gasteiger partial charge in [0.1, 0.15) is 0 Å². The molecule has 6 heteroatoms. The van der Waals surface area contributed by atoms with Crippen LogP contribution in [-0.2, 0) is 9.59 Å². The van der Waals surface area contributed by atoms with Gasteiger partial charge in [-0.1, -0.05) is 46.5 Å². The Morgan fingerprint density at radius 3 is 2.37 bits per heavy atom. The van der Waals surface area contributed by atoms with Gasteiger partial charge in [0.25, 0.3) is 0 Å². The quantitative estimate of drug-likeness (QED) is 0.408. The minimum absolute atomic E-state index is 0.108. The summed E-state index contributed by atoms with van der Waals surface area (Å²) in [6, 6.07) is 0. The Labute approximate surface area is 184 Å². The zero-order chi connectivity index (χ0) is 22.8. The Kier molecular flexibility index (Phi) is 11.3. The van der Waals surface area contributed by atoms with E-state index in [2.05, 4.69) is 31.1 Å². The third kappa shape index (κ3) is 10.3. The first-order valence-electron chi connectivity index (χ1n) is 12.0. The molecule has 176 valence electrons. The van der Waals surface area contributed by atoms with Gasteiger partial charge >= 0.3 is 0 Å². The van der Waals surface area contributed by atoms with E-state index in [1.807, 2.05) is 25.8 Å². The Balaban J connectivity index is 2.29. The summed E-state index contributed by atoms with van der Waals surface area (Å²) in [5, 5.41) is 17.6. The number of unbranched alkanes of at least 4 members (excludes halogenated alkanes) is 4. The molecule has 30 heavy (non-hydrogen) atoms. The number of nitrogens with one attached hydrogen (secondary N) is 1. The number of hydrazine groups is 1. The number of carbonyl (C=O) groups is 2. The molecule has 1 unspecified atom stereocenters. The molecule has 1 atom stereocenters. The van der Waals surface area contributed by atoms with E-state index in [9.17, 15) is 14.7 Å². The van der Waals surface area contributed by atoms with Crippen LogP contribution in [0.25, 0.3) is 0 Å². The van der Waals surface area contributed by atoms with Gasteiger partial charge in [-0.25, -0.2) is 5.01 Å². The first kappa shape index (κ1) is 26.9. The SMILES string of the molecule is CCCCC(C)(C)C(O)CCN1C(=O)CCN1CCCCCCC(=O)NC(C)(C)C. The number of hydrogen-bond acceptors (Lipinski definition) is 4. The molecule has 0 aromatic carbocycles. The fourth-order valence-electron chi connectivity index (χ4n) is 3.98. The van der Waals surface area contributed by atoms with Crippen molar-refractivity contribution in [1.29, 1.82) is 0 Å². The van der Waals surface area contributed by atoms with E-state index in [1.165, 1.54) is 0 Å². The van der Waals surface area contributed by atoms with Gasteiger partial charge in [-0.15, -0.1) is 0 Å². The van der Waals surface area contributed by atoms with Crippen LogP contribution in [0.3, 0.4) is 0 Å². The summed E-state index contributed by atoms with van der Waals surface area (Å²) in [7, 11) is 0. The van der Waals surface area contributed by atoms with Crippen molar-refractivity contribution in [2.24, 2.45) is 5.41 Å². The third-order valence-corrected chi connectivity index (χ3v) is 5.99. The molecule has 0 radical (unpaired) electrons. The maximum atomic E-state index is 12.3. The van der Waals surface area contributed by atoms with Crippen LogP contribution >= 0.6 is 0 Å². The Morgan fingerprint density at radius 1 is 1.07 bits per heavy atom. The molecule has 0 aromatic heterocycles. The molecule has 1 saturated heterocycles. The third-order valence-electron chi connectivity index (χ3n) is 5.99. The number of carbonyl (C=O) groups excluding carboxylic acids is 2. The van der Waals surface area contributed by atoms with Gasteiger partial charge in [-0.3, -0.25) is 14.6 Å². The average Bonchev–Trinajstić information content (AvgIpc) is 2.99. The number of amides is 2. The average molecular weight is 426 g/mol. The van der Waals surface area contributed by atoms with Gasteiger partial charge in [0, 0.05) is 38.0 Å². The van der Waals surface area contributed by atoms with Crippen molar-refractivity contribution in [3.05, 3.63) is 0 Å². The highest BCUT2D eigenvalue weighted by atomic mass is 16.3. The van der Waals surface area contributed by atoms with Crippen molar-refractivity contribution in [3.8, 4) is 0 Å². The smallest absolute Gasteiger partial charge is 0.238 e. The first-order chi connectivity index (χ1) is 14.0. The molecule has 0 spiro atoms. The summed E-state index contributed by atoms with van der Waals surface area (Å²) >= 11 is 0. The van der Waals surface area contributed by atoms with Crippen LogP contribution in [-0.4, -0.2) is 58.2 Å². The highest BCUT2D eigenvalue weighted by Gasteiger charge is 2.32. The van der Waals surface area contributed by atoms with Gasteiger partial charge in [0.15, 0.2) is 0 Å². The summed E-state index contributed by atoms with van der Waals surface area (Å²) in [6.45, 7) is 14.7. The van der Waals surface area contributed by atoms with E-state index in [4.69, 9.17) is 0 Å². The van der Waals surface area contributed by atoms with E-state index in [-0.39, 0.29) is 22.8 Å². The highest BCUT2D eigenvalue weighted by molar-refractivity contribution is 5.77. The highest BCUT2D eigenvalue weighted by Crippen LogP contribution is 2.30. The molecule has 6 nitrogen and oxygen atoms in total. The summed E-state index contributed by atoms with van der Waals surface area (Å²) in [4.78, 5) is 24.2. The Morgan fingerprint density at radius 2 is 1.73 bits per heavy atom. The van der Waals surface area contributed by atoms with Gasteiger partial charge in [0.05, 0.1) is 6.10 Å². The normalized spacial score (nSPS) is 16.9. The van der Waals surface area contributed by atoms with E-state index < -0.39 is 6.10 Å². The fraction of sp³-hybridized carbons (Fsp3) is 0.917. The lowest BCUT2D eigenvalue weighted by atomic mass is 9.80. The lowest BCUT2D eigenvalue weighted by Crippen LogP contribution is -2.42. The van der Waals surface area contributed by atoms with Crippen molar-refractivity contribution in [2.45, 2.75) is 117 Å². The zero-order valence-corrected chi connectivity index (χ0v) is 20.4. The van der Waals surface area contributed by atoms with Crippen LogP contribution in [0.1, 0.15) is 106 Å². The maximum Gasteiger partial charge on any atom is 0.238 e. The molecule has 2 N–H and O–H groups in total. The van der Waals surface area contributed by atoms with Crippen LogP contribution in [0.5, 0.6) is 0 Å². The lowest BCUT2D eigenvalue weighted by molar-refractivity contribution is -0.139. The largest absolute Gasteiger partial charge is 0.393 e. The van der Waals surface area contributed by atoms with Crippen molar-refractivity contribution < 1.29 is 14.7 Å². The molecule has 0 bridgehead atoms. The maximum absolute atomic E-state index is 12.3. The van der Waals surface area contributed by atoms with Crippen LogP contribution in [0, 0.1) is 5.41 Å². The summed E-state index contributed by atoms with van der Waals surface area (Å²) in [6.07, 6.45) is 8.68. The van der Waals surface area contributed by atoms with Gasteiger partial charge in [-0.05, 0) is 51.9 Å². The summed E-state index contributed by atoms with van der Waals surface area (Å²) < 4.78 is 0. The molecule has 1 heterocycles. The van der Waals surface area contributed by atoms with Crippen LogP contribution in [0.4, 0.5) is 0 Å². The second-order valence-corrected chi connectivity index (χ2v) is 10.6. The van der Waals surface area contributed by atoms with E-state index in [0.29, 0.717) is 25.8 Å². The molecule has 0 aliphatic carbocycles. The zero-order valence-electron chi connectivity index (χ0n) is 20.4. The summed E-state index contributed by atoms with van der Waals surface area (Å²) in [5.74, 6) is 0.298. The van der Waals surface area contributed by atoms with E-state index >= 15 is 0 Å². The standard InChI is InChI=1S/C24H47N3O3/c1-7-8-16-24(5,6)20(28)14-19-27-22(30)15-18-26(27)17-12-10-9-11-13-21(29)25-23(2,3)4/h20,28H,7-19H2,1-6H3,(H,25,29). The predicted molar refractivity (Wildman–Crippen MR) is 123 cm³/mol. The molecular formula is C24H47N3O3. The lowest BCUT2D eigenvalue weighted by Gasteiger charge is -2.34. The monoisotopic (exact) mass is 425 g/mol. The molecule has 1 aliphatic heterocycles. The van der Waals surface area contributed by atoms with Crippen molar-refractivity contribution in [2.75, 3.05) is 19.6 Å². The van der Waals surface area contributed by atoms with Crippen LogP contribution in [0.15, 0.2) is 0 Å². The van der Waals surface area contributed by atoms with Gasteiger partial charge in [-0.2, -0.15) is 0 Å². The van der Waals surface area contributed by atoms with E-state index in [0.717, 1.165) is 58.0 Å². The molecule has 2 amide bonds. The Hall–Kier alpha value is -1.14. The minimum Gasteiger partial charge on any atom is -0.393 e. The Bertz CT molecular complexity index is 528. The second-order valence-electron chi connectivity index (χ2n) is 10.6. The number of aliphatic hydroxyl groups is 1. The second kappa shape index (κ2) is 12.7. The fourth-order valence-corrected chi connectivity index (χ4v) is 3.98. The number of nitrogens with zero attached hydrogens (tertiary/aromatic N) is 2. The minimum atomic E-state index is -0.390. The number of aliphatic hydroxyl groups excluding tert-OH is 1. The molecule has 1 fully saturated rings. The predicted octanol–water partition coefficient (Wildman–Crippen LogP) is 4.27. The van der Waals surface area contributed by atoms with E-state index in [1.54, 1.807) is 0 Å². The van der Waals surface area contributed by atoms with Gasteiger partial charge in [0.2, 0.25) is 11.8 Å². The molecular weight excluding hydrogens is 378 g/mol.